The van der Waals surface area contributed by atoms with Crippen molar-refractivity contribution in [3.05, 3.63) is 41.1 Å². The van der Waals surface area contributed by atoms with E-state index in [0.717, 1.165) is 17.8 Å². The molecule has 0 saturated heterocycles. The minimum atomic E-state index is -4.69. The molecule has 0 saturated carbocycles. The number of hydrogen-bond donors (Lipinski definition) is 1. The fourth-order valence-corrected chi connectivity index (χ4v) is 3.16. The van der Waals surface area contributed by atoms with Gasteiger partial charge in [0.1, 0.15) is 22.6 Å². The highest BCUT2D eigenvalue weighted by Gasteiger charge is 2.35. The topological polar surface area (TPSA) is 84.2 Å². The molecule has 1 amide bonds. The van der Waals surface area contributed by atoms with Crippen LogP contribution in [0.1, 0.15) is 16.8 Å². The Balaban J connectivity index is 2.20. The van der Waals surface area contributed by atoms with E-state index in [9.17, 15) is 18.0 Å². The van der Waals surface area contributed by atoms with Gasteiger partial charge in [-0.15, -0.1) is 0 Å². The van der Waals surface area contributed by atoms with E-state index in [2.05, 4.69) is 10.3 Å². The first kappa shape index (κ1) is 21.4. The Morgan fingerprint density at radius 3 is 2.57 bits per heavy atom. The molecule has 148 valence electrons. The van der Waals surface area contributed by atoms with Crippen molar-refractivity contribution >= 4 is 23.4 Å². The second-order valence-corrected chi connectivity index (χ2v) is 6.47. The van der Waals surface area contributed by atoms with E-state index in [4.69, 9.17) is 14.7 Å². The average molecular weight is 411 g/mol. The van der Waals surface area contributed by atoms with Gasteiger partial charge in [0.15, 0.2) is 0 Å². The van der Waals surface area contributed by atoms with Crippen molar-refractivity contribution in [3.63, 3.8) is 0 Å². The van der Waals surface area contributed by atoms with Crippen LogP contribution in [-0.4, -0.2) is 30.9 Å². The molecule has 28 heavy (non-hydrogen) atoms. The lowest BCUT2D eigenvalue weighted by Crippen LogP contribution is -2.16. The summed E-state index contributed by atoms with van der Waals surface area (Å²) in [5.41, 5.74) is -1.22. The van der Waals surface area contributed by atoms with Gasteiger partial charge in [-0.3, -0.25) is 4.79 Å². The molecule has 1 N–H and O–H groups in total. The molecule has 6 nitrogen and oxygen atoms in total. The second-order valence-electron chi connectivity index (χ2n) is 5.50. The Labute approximate surface area is 163 Å². The van der Waals surface area contributed by atoms with Crippen molar-refractivity contribution < 1.29 is 27.4 Å². The number of pyridine rings is 1. The fraction of sp³-hybridized carbons (Fsp3) is 0.278. The zero-order valence-corrected chi connectivity index (χ0v) is 16.0. The van der Waals surface area contributed by atoms with Crippen LogP contribution in [0.2, 0.25) is 0 Å². The average Bonchev–Trinajstić information content (AvgIpc) is 2.65. The zero-order chi connectivity index (χ0) is 20.9. The molecule has 0 atom stereocenters. The van der Waals surface area contributed by atoms with Gasteiger partial charge in [0.05, 0.1) is 36.8 Å². The van der Waals surface area contributed by atoms with Crippen molar-refractivity contribution in [1.29, 1.82) is 5.26 Å². The number of carbonyl (C=O) groups is 1. The number of nitriles is 1. The molecule has 0 unspecified atom stereocenters. The number of rotatable bonds is 6. The van der Waals surface area contributed by atoms with E-state index in [0.29, 0.717) is 17.2 Å². The monoisotopic (exact) mass is 411 g/mol. The number of nitrogens with zero attached hydrogens (tertiary/aromatic N) is 2. The lowest BCUT2D eigenvalue weighted by atomic mass is 10.1. The molecule has 0 aliphatic rings. The molecule has 1 heterocycles. The number of thioether (sulfide) groups is 1. The minimum Gasteiger partial charge on any atom is -0.497 e. The molecular formula is C18H16F3N3O3S. The van der Waals surface area contributed by atoms with Gasteiger partial charge in [-0.05, 0) is 25.1 Å². The van der Waals surface area contributed by atoms with Gasteiger partial charge in [0.25, 0.3) is 0 Å². The predicted molar refractivity (Wildman–Crippen MR) is 97.6 cm³/mol. The molecule has 0 fully saturated rings. The largest absolute Gasteiger partial charge is 0.497 e. The standard InChI is InChI=1S/C18H16F3N3O3S/c1-10-6-13(18(19,20)21)12(8-22)17(23-10)28-9-16(25)24-14-7-11(26-2)4-5-15(14)27-3/h4-7H,9H2,1-3H3,(H,24,25). The minimum absolute atomic E-state index is 0.101. The maximum absolute atomic E-state index is 13.1. The van der Waals surface area contributed by atoms with E-state index < -0.39 is 23.2 Å². The summed E-state index contributed by atoms with van der Waals surface area (Å²) < 4.78 is 49.7. The third-order valence-electron chi connectivity index (χ3n) is 3.55. The van der Waals surface area contributed by atoms with E-state index in [-0.39, 0.29) is 16.5 Å². The fourth-order valence-electron chi connectivity index (χ4n) is 2.31. The van der Waals surface area contributed by atoms with Gasteiger partial charge < -0.3 is 14.8 Å². The SMILES string of the molecule is COc1ccc(OC)c(NC(=O)CSc2nc(C)cc(C(F)(F)F)c2C#N)c1. The summed E-state index contributed by atoms with van der Waals surface area (Å²) in [6.45, 7) is 1.39. The summed E-state index contributed by atoms with van der Waals surface area (Å²) in [5, 5.41) is 11.6. The number of methoxy groups -OCH3 is 2. The van der Waals surface area contributed by atoms with E-state index in [1.54, 1.807) is 18.2 Å². The van der Waals surface area contributed by atoms with Gasteiger partial charge in [-0.25, -0.2) is 4.98 Å². The smallest absolute Gasteiger partial charge is 0.417 e. The van der Waals surface area contributed by atoms with Crippen LogP contribution in [0, 0.1) is 18.3 Å². The highest BCUT2D eigenvalue weighted by Crippen LogP contribution is 2.36. The van der Waals surface area contributed by atoms with Gasteiger partial charge in [-0.1, -0.05) is 11.8 Å². The number of ether oxygens (including phenoxy) is 2. The Hall–Kier alpha value is -2.93. The van der Waals surface area contributed by atoms with E-state index >= 15 is 0 Å². The van der Waals surface area contributed by atoms with Crippen LogP contribution in [-0.2, 0) is 11.0 Å². The Bertz CT molecular complexity index is 927. The van der Waals surface area contributed by atoms with E-state index in [1.165, 1.54) is 27.2 Å². The first-order valence-corrected chi connectivity index (χ1v) is 8.81. The summed E-state index contributed by atoms with van der Waals surface area (Å²) in [6, 6.07) is 7.15. The third kappa shape index (κ3) is 5.07. The van der Waals surface area contributed by atoms with Crippen molar-refractivity contribution in [2.45, 2.75) is 18.1 Å². The maximum Gasteiger partial charge on any atom is 0.417 e. The van der Waals surface area contributed by atoms with Crippen LogP contribution in [0.5, 0.6) is 11.5 Å². The number of alkyl halides is 3. The maximum atomic E-state index is 13.1. The molecule has 0 spiro atoms. The summed E-state index contributed by atoms with van der Waals surface area (Å²) in [4.78, 5) is 16.2. The number of hydrogen-bond acceptors (Lipinski definition) is 6. The predicted octanol–water partition coefficient (Wildman–Crippen LogP) is 4.03. The Morgan fingerprint density at radius 1 is 1.29 bits per heavy atom. The number of anilines is 1. The summed E-state index contributed by atoms with van der Waals surface area (Å²) in [6.07, 6.45) is -4.69. The quantitative estimate of drug-likeness (QED) is 0.723. The molecule has 0 aliphatic carbocycles. The normalized spacial score (nSPS) is 10.9. The molecular weight excluding hydrogens is 395 g/mol. The lowest BCUT2D eigenvalue weighted by molar-refractivity contribution is -0.138. The van der Waals surface area contributed by atoms with Gasteiger partial charge in [0, 0.05) is 11.8 Å². The molecule has 2 aromatic rings. The van der Waals surface area contributed by atoms with Crippen molar-refractivity contribution in [1.82, 2.24) is 4.98 Å². The van der Waals surface area contributed by atoms with Gasteiger partial charge in [0.2, 0.25) is 5.91 Å². The molecule has 1 aromatic heterocycles. The van der Waals surface area contributed by atoms with Crippen LogP contribution < -0.4 is 14.8 Å². The van der Waals surface area contributed by atoms with Crippen LogP contribution in [0.15, 0.2) is 29.3 Å². The van der Waals surface area contributed by atoms with Gasteiger partial charge >= 0.3 is 6.18 Å². The first-order chi connectivity index (χ1) is 13.2. The molecule has 1 aromatic carbocycles. The number of halogens is 3. The van der Waals surface area contributed by atoms with Crippen LogP contribution in [0.4, 0.5) is 18.9 Å². The summed E-state index contributed by atoms with van der Waals surface area (Å²) in [7, 11) is 2.90. The summed E-state index contributed by atoms with van der Waals surface area (Å²) in [5.74, 6) is 0.135. The number of benzene rings is 1. The number of aryl methyl sites for hydroxylation is 1. The van der Waals surface area contributed by atoms with Crippen LogP contribution in [0.25, 0.3) is 0 Å². The number of amides is 1. The number of carbonyl (C=O) groups excluding carboxylic acids is 1. The van der Waals surface area contributed by atoms with E-state index in [1.807, 2.05) is 0 Å². The molecule has 0 radical (unpaired) electrons. The lowest BCUT2D eigenvalue weighted by Gasteiger charge is -2.13. The number of nitrogens with one attached hydrogen (secondary N) is 1. The van der Waals surface area contributed by atoms with Crippen molar-refractivity contribution in [3.8, 4) is 17.6 Å². The van der Waals surface area contributed by atoms with Crippen molar-refractivity contribution in [2.75, 3.05) is 25.3 Å². The summed E-state index contributed by atoms with van der Waals surface area (Å²) >= 11 is 0.749. The van der Waals surface area contributed by atoms with Crippen molar-refractivity contribution in [2.24, 2.45) is 0 Å². The van der Waals surface area contributed by atoms with Gasteiger partial charge in [-0.2, -0.15) is 18.4 Å². The first-order valence-electron chi connectivity index (χ1n) is 7.83. The molecule has 0 aliphatic heterocycles. The zero-order valence-electron chi connectivity index (χ0n) is 15.2. The molecule has 10 heteroatoms. The van der Waals surface area contributed by atoms with Crippen LogP contribution >= 0.6 is 11.8 Å². The Kier molecular flexibility index (Phi) is 6.75. The Morgan fingerprint density at radius 2 is 2.00 bits per heavy atom. The van der Waals surface area contributed by atoms with Crippen LogP contribution in [0.3, 0.4) is 0 Å². The molecule has 2 rings (SSSR count). The second kappa shape index (κ2) is 8.84. The number of aromatic nitrogens is 1. The highest BCUT2D eigenvalue weighted by atomic mass is 32.2. The molecule has 0 bridgehead atoms. The highest BCUT2D eigenvalue weighted by molar-refractivity contribution is 8.00. The third-order valence-corrected chi connectivity index (χ3v) is 4.53.